The Kier molecular flexibility index (Phi) is 7.12. The molecule has 1 amide bonds. The van der Waals surface area contributed by atoms with Crippen LogP contribution in [0.1, 0.15) is 37.0 Å². The Bertz CT molecular complexity index is 759. The van der Waals surface area contributed by atoms with Gasteiger partial charge in [-0.1, -0.05) is 0 Å². The van der Waals surface area contributed by atoms with Gasteiger partial charge in [-0.25, -0.2) is 0 Å². The number of nitrogens with one attached hydrogen (secondary N) is 1. The molecule has 0 radical (unpaired) electrons. The van der Waals surface area contributed by atoms with Gasteiger partial charge in [0.05, 0.1) is 25.1 Å². The van der Waals surface area contributed by atoms with Crippen molar-refractivity contribution in [1.29, 1.82) is 0 Å². The highest BCUT2D eigenvalue weighted by atomic mass is 16.5. The van der Waals surface area contributed by atoms with Crippen molar-refractivity contribution in [3.8, 4) is 11.5 Å². The number of ether oxygens (including phenoxy) is 2. The van der Waals surface area contributed by atoms with Crippen molar-refractivity contribution in [2.75, 3.05) is 37.7 Å². The third-order valence-electron chi connectivity index (χ3n) is 4.98. The van der Waals surface area contributed by atoms with Gasteiger partial charge in [-0.15, -0.1) is 0 Å². The summed E-state index contributed by atoms with van der Waals surface area (Å²) in [5, 5.41) is 3.08. The van der Waals surface area contributed by atoms with Crippen molar-refractivity contribution in [2.24, 2.45) is 5.92 Å². The molecule has 0 atom stereocenters. The second-order valence-corrected chi connectivity index (χ2v) is 6.88. The van der Waals surface area contributed by atoms with E-state index in [0.717, 1.165) is 25.9 Å². The molecule has 0 aliphatic carbocycles. The maximum absolute atomic E-state index is 12.6. The number of hydrogen-bond acceptors (Lipinski definition) is 5. The number of nitrogens with zero attached hydrogens (tertiary/aromatic N) is 2. The minimum atomic E-state index is -0.0707. The van der Waals surface area contributed by atoms with E-state index in [-0.39, 0.29) is 5.91 Å². The van der Waals surface area contributed by atoms with Crippen LogP contribution >= 0.6 is 0 Å². The maximum atomic E-state index is 12.6. The summed E-state index contributed by atoms with van der Waals surface area (Å²) in [7, 11) is 0. The Morgan fingerprint density at radius 2 is 1.89 bits per heavy atom. The van der Waals surface area contributed by atoms with E-state index in [1.165, 1.54) is 5.69 Å². The Morgan fingerprint density at radius 1 is 1.14 bits per heavy atom. The second kappa shape index (κ2) is 9.97. The molecule has 1 saturated heterocycles. The summed E-state index contributed by atoms with van der Waals surface area (Å²) in [5.74, 6) is 1.70. The minimum absolute atomic E-state index is 0.0707. The Balaban J connectivity index is 1.51. The molecule has 2 aromatic rings. The Hall–Kier alpha value is -2.76. The van der Waals surface area contributed by atoms with Gasteiger partial charge in [0.15, 0.2) is 11.5 Å². The molecular formula is C22H29N3O3. The summed E-state index contributed by atoms with van der Waals surface area (Å²) >= 11 is 0. The van der Waals surface area contributed by atoms with E-state index in [2.05, 4.69) is 21.3 Å². The number of carbonyl (C=O) groups excluding carboxylic acids is 1. The molecule has 2 heterocycles. The molecule has 1 aliphatic rings. The van der Waals surface area contributed by atoms with Crippen LogP contribution < -0.4 is 19.7 Å². The van der Waals surface area contributed by atoms with Gasteiger partial charge in [0.25, 0.3) is 5.91 Å². The van der Waals surface area contributed by atoms with E-state index in [1.54, 1.807) is 24.4 Å². The predicted molar refractivity (Wildman–Crippen MR) is 110 cm³/mol. The average molecular weight is 383 g/mol. The Morgan fingerprint density at radius 3 is 2.57 bits per heavy atom. The lowest BCUT2D eigenvalue weighted by molar-refractivity contribution is 0.0944. The van der Waals surface area contributed by atoms with Crippen LogP contribution in [0.3, 0.4) is 0 Å². The topological polar surface area (TPSA) is 63.7 Å². The fraction of sp³-hybridized carbons (Fsp3) is 0.455. The zero-order chi connectivity index (χ0) is 19.8. The second-order valence-electron chi connectivity index (χ2n) is 6.88. The molecule has 1 aromatic heterocycles. The van der Waals surface area contributed by atoms with Crippen LogP contribution in [-0.4, -0.2) is 43.7 Å². The largest absolute Gasteiger partial charge is 0.490 e. The summed E-state index contributed by atoms with van der Waals surface area (Å²) in [6, 6.07) is 9.41. The molecule has 150 valence electrons. The van der Waals surface area contributed by atoms with E-state index in [4.69, 9.17) is 9.47 Å². The van der Waals surface area contributed by atoms with Crippen molar-refractivity contribution in [2.45, 2.75) is 26.7 Å². The zero-order valence-electron chi connectivity index (χ0n) is 16.7. The van der Waals surface area contributed by atoms with Crippen molar-refractivity contribution in [3.05, 3.63) is 48.3 Å². The van der Waals surface area contributed by atoms with Crippen molar-refractivity contribution in [1.82, 2.24) is 10.3 Å². The van der Waals surface area contributed by atoms with Gasteiger partial charge in [0.1, 0.15) is 0 Å². The van der Waals surface area contributed by atoms with E-state index >= 15 is 0 Å². The molecule has 0 saturated carbocycles. The summed E-state index contributed by atoms with van der Waals surface area (Å²) in [4.78, 5) is 19.1. The molecule has 1 aliphatic heterocycles. The monoisotopic (exact) mass is 383 g/mol. The first-order valence-electron chi connectivity index (χ1n) is 10.0. The first-order chi connectivity index (χ1) is 13.7. The number of benzene rings is 1. The predicted octanol–water partition coefficient (Wildman–Crippen LogP) is 3.53. The number of hydrogen-bond donors (Lipinski definition) is 1. The molecule has 0 bridgehead atoms. The highest BCUT2D eigenvalue weighted by Gasteiger charge is 2.20. The first-order valence-corrected chi connectivity index (χ1v) is 10.0. The van der Waals surface area contributed by atoms with Gasteiger partial charge in [-0.3, -0.25) is 9.78 Å². The smallest absolute Gasteiger partial charge is 0.251 e. The van der Waals surface area contributed by atoms with Gasteiger partial charge in [-0.05, 0) is 62.9 Å². The molecule has 1 fully saturated rings. The van der Waals surface area contributed by atoms with Crippen LogP contribution in [0.2, 0.25) is 0 Å². The SMILES string of the molecule is CCOc1ccc(C(=O)NCC2CCN(c3cccnc3)CC2)cc1OCC. The average Bonchev–Trinajstić information content (AvgIpc) is 2.74. The van der Waals surface area contributed by atoms with Gasteiger partial charge >= 0.3 is 0 Å². The highest BCUT2D eigenvalue weighted by Crippen LogP contribution is 2.28. The third kappa shape index (κ3) is 5.15. The number of amides is 1. The van der Waals surface area contributed by atoms with Crippen molar-refractivity contribution in [3.63, 3.8) is 0 Å². The summed E-state index contributed by atoms with van der Waals surface area (Å²) in [5.41, 5.74) is 1.77. The highest BCUT2D eigenvalue weighted by molar-refractivity contribution is 5.94. The fourth-order valence-corrected chi connectivity index (χ4v) is 3.47. The molecule has 1 N–H and O–H groups in total. The molecule has 0 unspecified atom stereocenters. The van der Waals surface area contributed by atoms with Crippen LogP contribution in [0.15, 0.2) is 42.7 Å². The maximum Gasteiger partial charge on any atom is 0.251 e. The number of rotatable bonds is 8. The van der Waals surface area contributed by atoms with Crippen LogP contribution in [0.4, 0.5) is 5.69 Å². The fourth-order valence-electron chi connectivity index (χ4n) is 3.47. The van der Waals surface area contributed by atoms with Crippen LogP contribution in [0.5, 0.6) is 11.5 Å². The quantitative estimate of drug-likeness (QED) is 0.756. The van der Waals surface area contributed by atoms with Gasteiger partial charge in [-0.2, -0.15) is 0 Å². The van der Waals surface area contributed by atoms with E-state index in [1.807, 2.05) is 26.1 Å². The van der Waals surface area contributed by atoms with E-state index in [9.17, 15) is 4.79 Å². The van der Waals surface area contributed by atoms with Crippen molar-refractivity contribution < 1.29 is 14.3 Å². The number of piperidine rings is 1. The molecule has 0 spiro atoms. The first kappa shape index (κ1) is 20.0. The van der Waals surface area contributed by atoms with Gasteiger partial charge in [0.2, 0.25) is 0 Å². The standard InChI is InChI=1S/C22H29N3O3/c1-3-27-20-8-7-18(14-21(20)28-4-2)22(26)24-15-17-9-12-25(13-10-17)19-6-5-11-23-16-19/h5-8,11,14,16-17H,3-4,9-10,12-13,15H2,1-2H3,(H,24,26). The molecule has 28 heavy (non-hydrogen) atoms. The minimum Gasteiger partial charge on any atom is -0.490 e. The Labute approximate surface area is 166 Å². The molecular weight excluding hydrogens is 354 g/mol. The van der Waals surface area contributed by atoms with Crippen molar-refractivity contribution >= 4 is 11.6 Å². The molecule has 1 aromatic carbocycles. The summed E-state index contributed by atoms with van der Waals surface area (Å²) in [6.07, 6.45) is 5.82. The number of anilines is 1. The lowest BCUT2D eigenvalue weighted by Crippen LogP contribution is -2.38. The van der Waals surface area contributed by atoms with Crippen LogP contribution in [0, 0.1) is 5.92 Å². The van der Waals surface area contributed by atoms with Crippen LogP contribution in [0.25, 0.3) is 0 Å². The van der Waals surface area contributed by atoms with E-state index in [0.29, 0.717) is 42.7 Å². The molecule has 6 heteroatoms. The van der Waals surface area contributed by atoms with Gasteiger partial charge < -0.3 is 19.7 Å². The molecule has 3 rings (SSSR count). The summed E-state index contributed by atoms with van der Waals surface area (Å²) < 4.78 is 11.2. The van der Waals surface area contributed by atoms with Gasteiger partial charge in [0, 0.05) is 31.4 Å². The lowest BCUT2D eigenvalue weighted by Gasteiger charge is -2.33. The number of pyridine rings is 1. The number of aromatic nitrogens is 1. The lowest BCUT2D eigenvalue weighted by atomic mass is 9.96. The number of carbonyl (C=O) groups is 1. The zero-order valence-corrected chi connectivity index (χ0v) is 16.7. The summed E-state index contributed by atoms with van der Waals surface area (Å²) in [6.45, 7) is 7.60. The normalized spacial score (nSPS) is 14.6. The molecule has 6 nitrogen and oxygen atoms in total. The third-order valence-corrected chi connectivity index (χ3v) is 4.98. The van der Waals surface area contributed by atoms with Crippen LogP contribution in [-0.2, 0) is 0 Å². The van der Waals surface area contributed by atoms with E-state index < -0.39 is 0 Å².